The summed E-state index contributed by atoms with van der Waals surface area (Å²) in [7, 11) is 0. The molecule has 2 rings (SSSR count). The van der Waals surface area contributed by atoms with E-state index in [-0.39, 0.29) is 6.04 Å². The minimum absolute atomic E-state index is 0.216. The Labute approximate surface area is 109 Å². The first-order valence-corrected chi connectivity index (χ1v) is 6.39. The van der Waals surface area contributed by atoms with Crippen LogP contribution in [0.25, 0.3) is 0 Å². The quantitative estimate of drug-likeness (QED) is 0.813. The molecule has 0 bridgehead atoms. The van der Waals surface area contributed by atoms with E-state index < -0.39 is 12.1 Å². The Morgan fingerprint density at radius 2 is 1.58 bits per heavy atom. The maximum atomic E-state index is 11.8. The fourth-order valence-corrected chi connectivity index (χ4v) is 2.42. The smallest absolute Gasteiger partial charge is 0.475 e. The van der Waals surface area contributed by atoms with Gasteiger partial charge >= 0.3 is 12.1 Å². The number of alkyl halides is 3. The molecule has 0 aromatic heterocycles. The zero-order valence-electron chi connectivity index (χ0n) is 10.5. The highest BCUT2D eigenvalue weighted by molar-refractivity contribution is 5.86. The summed E-state index contributed by atoms with van der Waals surface area (Å²) in [6.45, 7) is 1.04. The third kappa shape index (κ3) is 5.18. The van der Waals surface area contributed by atoms with Gasteiger partial charge in [-0.2, -0.15) is 13.2 Å². The number of nitrogens with one attached hydrogen (secondary N) is 1. The zero-order valence-corrected chi connectivity index (χ0v) is 10.5. The van der Waals surface area contributed by atoms with E-state index in [1.165, 1.54) is 19.3 Å². The first-order chi connectivity index (χ1) is 8.82. The van der Waals surface area contributed by atoms with Crippen LogP contribution in [0.4, 0.5) is 13.2 Å². The van der Waals surface area contributed by atoms with Crippen molar-refractivity contribution in [3.8, 4) is 0 Å². The van der Waals surface area contributed by atoms with Gasteiger partial charge in [0.2, 0.25) is 0 Å². The van der Waals surface area contributed by atoms with Gasteiger partial charge < -0.3 is 10.4 Å². The number of hydrogen-bond acceptors (Lipinski definition) is 3. The second-order valence-electron chi connectivity index (χ2n) is 4.84. The van der Waals surface area contributed by atoms with Crippen molar-refractivity contribution in [1.29, 1.82) is 0 Å². The van der Waals surface area contributed by atoms with Gasteiger partial charge in [-0.1, -0.05) is 12.8 Å². The van der Waals surface area contributed by atoms with Crippen molar-refractivity contribution in [2.45, 2.75) is 50.7 Å². The number of carboxylic acids is 1. The number of rotatable bonds is 2. The van der Waals surface area contributed by atoms with E-state index >= 15 is 0 Å². The number of carboxylic acid groups (broad SMARTS) is 1. The summed E-state index contributed by atoms with van der Waals surface area (Å²) in [5, 5.41) is 10.4. The van der Waals surface area contributed by atoms with Crippen molar-refractivity contribution in [1.82, 2.24) is 5.32 Å². The van der Waals surface area contributed by atoms with Crippen LogP contribution in [0.3, 0.4) is 0 Å². The Morgan fingerprint density at radius 3 is 1.95 bits per heavy atom. The second kappa shape index (κ2) is 6.88. The summed E-state index contributed by atoms with van der Waals surface area (Å²) >= 11 is 0. The first-order valence-electron chi connectivity index (χ1n) is 6.39. The van der Waals surface area contributed by atoms with Crippen LogP contribution in [-0.2, 0) is 9.59 Å². The SMILES string of the molecule is O=C(C1CCCC1)C1CCCN1.O=C(O)C(F)(F)F. The fourth-order valence-electron chi connectivity index (χ4n) is 2.42. The molecule has 0 radical (unpaired) electrons. The maximum absolute atomic E-state index is 11.8. The molecule has 1 atom stereocenters. The molecular formula is C12H18F3NO3. The average molecular weight is 281 g/mol. The summed E-state index contributed by atoms with van der Waals surface area (Å²) < 4.78 is 31.7. The Bertz CT molecular complexity index is 301. The third-order valence-corrected chi connectivity index (χ3v) is 3.40. The standard InChI is InChI=1S/C10H17NO.C2HF3O2/c12-10(8-4-1-2-5-8)9-6-3-7-11-9;3-2(4,5)1(6)7/h8-9,11H,1-7H2;(H,6,7). The molecule has 19 heavy (non-hydrogen) atoms. The lowest BCUT2D eigenvalue weighted by Gasteiger charge is -2.13. The van der Waals surface area contributed by atoms with Gasteiger partial charge in [-0.25, -0.2) is 4.79 Å². The van der Waals surface area contributed by atoms with Crippen LogP contribution >= 0.6 is 0 Å². The molecule has 1 saturated carbocycles. The highest BCUT2D eigenvalue weighted by Gasteiger charge is 2.38. The van der Waals surface area contributed by atoms with Crippen molar-refractivity contribution in [2.75, 3.05) is 6.54 Å². The van der Waals surface area contributed by atoms with E-state index in [0.717, 1.165) is 25.8 Å². The predicted molar refractivity (Wildman–Crippen MR) is 61.7 cm³/mol. The molecule has 1 aliphatic carbocycles. The highest BCUT2D eigenvalue weighted by atomic mass is 19.4. The van der Waals surface area contributed by atoms with Gasteiger partial charge in [0.1, 0.15) is 0 Å². The number of hydrogen-bond donors (Lipinski definition) is 2. The van der Waals surface area contributed by atoms with Gasteiger partial charge in [-0.3, -0.25) is 4.79 Å². The Hall–Kier alpha value is -1.11. The first kappa shape index (κ1) is 15.9. The average Bonchev–Trinajstić information content (AvgIpc) is 3.01. The summed E-state index contributed by atoms with van der Waals surface area (Å²) in [4.78, 5) is 20.7. The van der Waals surface area contributed by atoms with E-state index in [1.807, 2.05) is 0 Å². The van der Waals surface area contributed by atoms with E-state index in [1.54, 1.807) is 0 Å². The minimum atomic E-state index is -5.08. The Balaban J connectivity index is 0.000000224. The molecule has 1 unspecified atom stereocenters. The van der Waals surface area contributed by atoms with Crippen LogP contribution in [0.2, 0.25) is 0 Å². The summed E-state index contributed by atoms with van der Waals surface area (Å²) in [5.74, 6) is -1.85. The minimum Gasteiger partial charge on any atom is -0.475 e. The predicted octanol–water partition coefficient (Wildman–Crippen LogP) is 2.13. The number of Topliss-reactive ketones (excluding diaryl/α,β-unsaturated/α-hetero) is 1. The number of carbonyl (C=O) groups excluding carboxylic acids is 1. The van der Waals surface area contributed by atoms with Crippen LogP contribution in [0.5, 0.6) is 0 Å². The number of aliphatic carboxylic acids is 1. The monoisotopic (exact) mass is 281 g/mol. The summed E-state index contributed by atoms with van der Waals surface area (Å²) in [6, 6.07) is 0.216. The van der Waals surface area contributed by atoms with Gasteiger partial charge in [-0.05, 0) is 32.2 Å². The van der Waals surface area contributed by atoms with Gasteiger partial charge in [-0.15, -0.1) is 0 Å². The van der Waals surface area contributed by atoms with Crippen molar-refractivity contribution in [3.63, 3.8) is 0 Å². The van der Waals surface area contributed by atoms with Crippen molar-refractivity contribution >= 4 is 11.8 Å². The second-order valence-corrected chi connectivity index (χ2v) is 4.84. The molecule has 7 heteroatoms. The number of ketones is 1. The molecule has 2 N–H and O–H groups in total. The van der Waals surface area contributed by atoms with E-state index in [2.05, 4.69) is 5.32 Å². The zero-order chi connectivity index (χ0) is 14.5. The molecule has 1 saturated heterocycles. The van der Waals surface area contributed by atoms with Crippen LogP contribution in [0.15, 0.2) is 0 Å². The highest BCUT2D eigenvalue weighted by Crippen LogP contribution is 2.27. The van der Waals surface area contributed by atoms with Crippen LogP contribution in [0, 0.1) is 5.92 Å². The van der Waals surface area contributed by atoms with E-state index in [0.29, 0.717) is 11.7 Å². The fraction of sp³-hybridized carbons (Fsp3) is 0.833. The van der Waals surface area contributed by atoms with Crippen molar-refractivity contribution in [2.24, 2.45) is 5.92 Å². The van der Waals surface area contributed by atoms with Gasteiger partial charge in [0.15, 0.2) is 5.78 Å². The van der Waals surface area contributed by atoms with E-state index in [9.17, 15) is 18.0 Å². The topological polar surface area (TPSA) is 66.4 Å². The Morgan fingerprint density at radius 1 is 1.05 bits per heavy atom. The van der Waals surface area contributed by atoms with Crippen molar-refractivity contribution < 1.29 is 27.9 Å². The number of carbonyl (C=O) groups is 2. The molecule has 0 spiro atoms. The maximum Gasteiger partial charge on any atom is 0.490 e. The Kier molecular flexibility index (Phi) is 5.78. The molecule has 2 aliphatic rings. The molecule has 0 amide bonds. The molecule has 4 nitrogen and oxygen atoms in total. The van der Waals surface area contributed by atoms with Crippen LogP contribution in [-0.4, -0.2) is 35.6 Å². The van der Waals surface area contributed by atoms with E-state index in [4.69, 9.17) is 9.90 Å². The molecular weight excluding hydrogens is 263 g/mol. The number of halogens is 3. The largest absolute Gasteiger partial charge is 0.490 e. The molecule has 0 aromatic rings. The molecule has 1 heterocycles. The lowest BCUT2D eigenvalue weighted by molar-refractivity contribution is -0.192. The van der Waals surface area contributed by atoms with Gasteiger partial charge in [0.25, 0.3) is 0 Å². The lowest BCUT2D eigenvalue weighted by atomic mass is 9.96. The lowest BCUT2D eigenvalue weighted by Crippen LogP contribution is -2.34. The van der Waals surface area contributed by atoms with Crippen molar-refractivity contribution in [3.05, 3.63) is 0 Å². The van der Waals surface area contributed by atoms with Gasteiger partial charge in [0, 0.05) is 5.92 Å². The third-order valence-electron chi connectivity index (χ3n) is 3.40. The molecule has 0 aromatic carbocycles. The van der Waals surface area contributed by atoms with Gasteiger partial charge in [0.05, 0.1) is 6.04 Å². The summed E-state index contributed by atoms with van der Waals surface area (Å²) in [5.41, 5.74) is 0. The van der Waals surface area contributed by atoms with Crippen LogP contribution < -0.4 is 5.32 Å². The molecule has 1 aliphatic heterocycles. The molecule has 110 valence electrons. The normalized spacial score (nSPS) is 23.8. The summed E-state index contributed by atoms with van der Waals surface area (Å²) in [6.07, 6.45) is 2.01. The molecule has 2 fully saturated rings. The van der Waals surface area contributed by atoms with Crippen LogP contribution in [0.1, 0.15) is 38.5 Å².